The number of aromatic nitrogens is 3. The van der Waals surface area contributed by atoms with Gasteiger partial charge in [0.25, 0.3) is 0 Å². The molecule has 1 aromatic heterocycles. The quantitative estimate of drug-likeness (QED) is 0.599. The highest BCUT2D eigenvalue weighted by Crippen LogP contribution is 2.40. The molecule has 1 amide bonds. The first-order chi connectivity index (χ1) is 13.6. The first-order valence-corrected chi connectivity index (χ1v) is 10.6. The number of hydrogen-bond acceptors (Lipinski definition) is 4. The van der Waals surface area contributed by atoms with Crippen molar-refractivity contribution in [2.75, 3.05) is 11.1 Å². The fourth-order valence-electron chi connectivity index (χ4n) is 3.24. The van der Waals surface area contributed by atoms with Gasteiger partial charge in [-0.15, -0.1) is 10.2 Å². The van der Waals surface area contributed by atoms with E-state index in [2.05, 4.69) is 38.3 Å². The number of thioether (sulfide) groups is 1. The Labute approximate surface area is 169 Å². The fraction of sp³-hybridized carbons (Fsp3) is 0.318. The second-order valence-corrected chi connectivity index (χ2v) is 8.28. The van der Waals surface area contributed by atoms with Crippen LogP contribution in [0.5, 0.6) is 0 Å². The predicted molar refractivity (Wildman–Crippen MR) is 113 cm³/mol. The first kappa shape index (κ1) is 18.7. The molecule has 28 heavy (non-hydrogen) atoms. The molecule has 0 radical (unpaired) electrons. The van der Waals surface area contributed by atoms with Gasteiger partial charge in [-0.2, -0.15) is 0 Å². The molecule has 0 atom stereocenters. The Balaban J connectivity index is 1.45. The van der Waals surface area contributed by atoms with E-state index in [0.717, 1.165) is 28.8 Å². The number of anilines is 1. The van der Waals surface area contributed by atoms with E-state index in [1.807, 2.05) is 44.2 Å². The molecular formula is C22H24N4OS. The predicted octanol–water partition coefficient (Wildman–Crippen LogP) is 4.55. The van der Waals surface area contributed by atoms with Crippen molar-refractivity contribution >= 4 is 23.4 Å². The number of benzene rings is 2. The van der Waals surface area contributed by atoms with Crippen LogP contribution >= 0.6 is 11.8 Å². The number of carbonyl (C=O) groups excluding carboxylic acids is 1. The summed E-state index contributed by atoms with van der Waals surface area (Å²) in [4.78, 5) is 12.5. The van der Waals surface area contributed by atoms with E-state index in [4.69, 9.17) is 0 Å². The summed E-state index contributed by atoms with van der Waals surface area (Å²) in [5.41, 5.74) is 4.33. The number of rotatable bonds is 7. The molecule has 1 heterocycles. The van der Waals surface area contributed by atoms with Crippen LogP contribution in [-0.4, -0.2) is 26.4 Å². The molecule has 1 aliphatic rings. The molecule has 3 aromatic rings. The van der Waals surface area contributed by atoms with E-state index in [-0.39, 0.29) is 5.91 Å². The Kier molecular flexibility index (Phi) is 5.48. The van der Waals surface area contributed by atoms with Gasteiger partial charge in [0.15, 0.2) is 5.16 Å². The van der Waals surface area contributed by atoms with Crippen LogP contribution in [0, 0.1) is 13.8 Å². The minimum Gasteiger partial charge on any atom is -0.325 e. The van der Waals surface area contributed by atoms with E-state index in [1.165, 1.54) is 35.7 Å². The Morgan fingerprint density at radius 2 is 1.93 bits per heavy atom. The topological polar surface area (TPSA) is 59.8 Å². The van der Waals surface area contributed by atoms with Crippen LogP contribution in [0.15, 0.2) is 53.7 Å². The largest absolute Gasteiger partial charge is 0.325 e. The van der Waals surface area contributed by atoms with Gasteiger partial charge in [0, 0.05) is 11.6 Å². The molecule has 0 aliphatic heterocycles. The van der Waals surface area contributed by atoms with Crippen molar-refractivity contribution in [1.29, 1.82) is 0 Å². The molecule has 1 aliphatic carbocycles. The van der Waals surface area contributed by atoms with Crippen LogP contribution in [0.4, 0.5) is 5.69 Å². The molecule has 0 spiro atoms. The average Bonchev–Trinajstić information content (AvgIpc) is 3.45. The summed E-state index contributed by atoms with van der Waals surface area (Å²) in [5, 5.41) is 12.6. The van der Waals surface area contributed by atoms with Gasteiger partial charge in [-0.25, -0.2) is 0 Å². The van der Waals surface area contributed by atoms with E-state index in [9.17, 15) is 4.79 Å². The van der Waals surface area contributed by atoms with Crippen LogP contribution in [0.25, 0.3) is 0 Å². The zero-order valence-corrected chi connectivity index (χ0v) is 17.0. The average molecular weight is 393 g/mol. The number of carbonyl (C=O) groups is 1. The van der Waals surface area contributed by atoms with Crippen LogP contribution in [0.2, 0.25) is 0 Å². The Hall–Kier alpha value is -2.60. The molecule has 2 aromatic carbocycles. The van der Waals surface area contributed by atoms with Crippen molar-refractivity contribution in [2.45, 2.75) is 44.3 Å². The maximum atomic E-state index is 12.5. The Morgan fingerprint density at radius 1 is 1.14 bits per heavy atom. The standard InChI is InChI=1S/C22H24N4OS/c1-15-8-11-19(16(2)12-15)23-20(27)14-28-22-25-24-21(18-9-10-18)26(22)13-17-6-4-3-5-7-17/h3-8,11-12,18H,9-10,13-14H2,1-2H3,(H,23,27). The minimum absolute atomic E-state index is 0.0285. The summed E-state index contributed by atoms with van der Waals surface area (Å²) >= 11 is 1.45. The molecule has 4 rings (SSSR count). The van der Waals surface area contributed by atoms with Crippen molar-refractivity contribution in [3.63, 3.8) is 0 Å². The molecule has 144 valence electrons. The molecule has 1 fully saturated rings. The highest BCUT2D eigenvalue weighted by Gasteiger charge is 2.30. The Bertz CT molecular complexity index is 979. The molecule has 1 saturated carbocycles. The van der Waals surface area contributed by atoms with Crippen molar-refractivity contribution in [3.05, 3.63) is 71.0 Å². The normalized spacial score (nSPS) is 13.5. The lowest BCUT2D eigenvalue weighted by molar-refractivity contribution is -0.113. The van der Waals surface area contributed by atoms with Gasteiger partial charge in [0.2, 0.25) is 5.91 Å². The van der Waals surface area contributed by atoms with E-state index < -0.39 is 0 Å². The van der Waals surface area contributed by atoms with Crippen LogP contribution in [0.1, 0.15) is 41.3 Å². The van der Waals surface area contributed by atoms with Gasteiger partial charge in [0.05, 0.1) is 12.3 Å². The third-order valence-electron chi connectivity index (χ3n) is 4.86. The van der Waals surface area contributed by atoms with Crippen molar-refractivity contribution in [3.8, 4) is 0 Å². The van der Waals surface area contributed by atoms with Crippen molar-refractivity contribution in [1.82, 2.24) is 14.8 Å². The summed E-state index contributed by atoms with van der Waals surface area (Å²) in [5.74, 6) is 1.83. The fourth-order valence-corrected chi connectivity index (χ4v) is 3.98. The molecule has 0 unspecified atom stereocenters. The smallest absolute Gasteiger partial charge is 0.234 e. The van der Waals surface area contributed by atoms with Gasteiger partial charge in [-0.1, -0.05) is 59.8 Å². The third kappa shape index (κ3) is 4.44. The maximum absolute atomic E-state index is 12.5. The summed E-state index contributed by atoms with van der Waals surface area (Å²) in [7, 11) is 0. The molecule has 6 heteroatoms. The second kappa shape index (κ2) is 8.19. The lowest BCUT2D eigenvalue weighted by atomic mass is 10.1. The van der Waals surface area contributed by atoms with Crippen LogP contribution in [0.3, 0.4) is 0 Å². The summed E-state index contributed by atoms with van der Waals surface area (Å²) in [6.07, 6.45) is 2.34. The van der Waals surface area contributed by atoms with E-state index in [0.29, 0.717) is 11.7 Å². The molecule has 0 saturated heterocycles. The Morgan fingerprint density at radius 3 is 2.64 bits per heavy atom. The summed E-state index contributed by atoms with van der Waals surface area (Å²) < 4.78 is 2.17. The summed E-state index contributed by atoms with van der Waals surface area (Å²) in [6.45, 7) is 4.79. The zero-order chi connectivity index (χ0) is 19.5. The zero-order valence-electron chi connectivity index (χ0n) is 16.2. The van der Waals surface area contributed by atoms with Crippen LogP contribution < -0.4 is 5.32 Å². The van der Waals surface area contributed by atoms with Gasteiger partial charge in [-0.3, -0.25) is 4.79 Å². The minimum atomic E-state index is -0.0285. The van der Waals surface area contributed by atoms with Gasteiger partial charge in [0.1, 0.15) is 5.82 Å². The second-order valence-electron chi connectivity index (χ2n) is 7.34. The van der Waals surface area contributed by atoms with E-state index in [1.54, 1.807) is 0 Å². The SMILES string of the molecule is Cc1ccc(NC(=O)CSc2nnc(C3CC3)n2Cc2ccccc2)c(C)c1. The number of nitrogens with one attached hydrogen (secondary N) is 1. The highest BCUT2D eigenvalue weighted by molar-refractivity contribution is 7.99. The van der Waals surface area contributed by atoms with Crippen LogP contribution in [-0.2, 0) is 11.3 Å². The lowest BCUT2D eigenvalue weighted by Gasteiger charge is -2.11. The maximum Gasteiger partial charge on any atom is 0.234 e. The summed E-state index contributed by atoms with van der Waals surface area (Å²) in [6, 6.07) is 16.4. The van der Waals surface area contributed by atoms with Gasteiger partial charge in [-0.05, 0) is 43.9 Å². The number of nitrogens with zero attached hydrogens (tertiary/aromatic N) is 3. The lowest BCUT2D eigenvalue weighted by Crippen LogP contribution is -2.15. The number of hydrogen-bond donors (Lipinski definition) is 1. The van der Waals surface area contributed by atoms with Gasteiger partial charge >= 0.3 is 0 Å². The van der Waals surface area contributed by atoms with Gasteiger partial charge < -0.3 is 9.88 Å². The first-order valence-electron chi connectivity index (χ1n) is 9.57. The number of aryl methyl sites for hydroxylation is 2. The molecule has 5 nitrogen and oxygen atoms in total. The molecule has 1 N–H and O–H groups in total. The third-order valence-corrected chi connectivity index (χ3v) is 5.83. The molecule has 0 bridgehead atoms. The highest BCUT2D eigenvalue weighted by atomic mass is 32.2. The van der Waals surface area contributed by atoms with Crippen molar-refractivity contribution in [2.24, 2.45) is 0 Å². The monoisotopic (exact) mass is 392 g/mol. The van der Waals surface area contributed by atoms with E-state index >= 15 is 0 Å². The molecular weight excluding hydrogens is 368 g/mol. The van der Waals surface area contributed by atoms with Crippen molar-refractivity contribution < 1.29 is 4.79 Å². The number of amides is 1.